The summed E-state index contributed by atoms with van der Waals surface area (Å²) in [5.41, 5.74) is 12.2. The maximum Gasteiger partial charge on any atom is 0.326 e. The molecule has 1 rings (SSSR count). The summed E-state index contributed by atoms with van der Waals surface area (Å²) in [5.74, 6) is -1.35. The minimum absolute atomic E-state index is 0.239. The van der Waals surface area contributed by atoms with Gasteiger partial charge in [0.1, 0.15) is 12.1 Å². The Labute approximate surface area is 176 Å². The standard InChI is InChI=1S/C20H32N4O4S/c1-29-12-10-15(22)18(25)24-17(13-14-7-3-2-4-8-14)19(26)23-16(20(27)28)9-5-6-11-21/h2-4,7-8,15-17H,5-6,9-13,21-22H2,1H3,(H,23,26)(H,24,25)(H,27,28). The lowest BCUT2D eigenvalue weighted by Gasteiger charge is -2.23. The normalized spacial score (nSPS) is 13.9. The zero-order valence-corrected chi connectivity index (χ0v) is 17.6. The number of nitrogens with two attached hydrogens (primary N) is 2. The summed E-state index contributed by atoms with van der Waals surface area (Å²) < 4.78 is 0. The van der Waals surface area contributed by atoms with Gasteiger partial charge in [-0.3, -0.25) is 9.59 Å². The number of hydrogen-bond acceptors (Lipinski definition) is 6. The van der Waals surface area contributed by atoms with Crippen LogP contribution in [0.1, 0.15) is 31.2 Å². The molecule has 0 radical (unpaired) electrons. The molecule has 7 N–H and O–H groups in total. The van der Waals surface area contributed by atoms with Gasteiger partial charge in [-0.25, -0.2) is 4.79 Å². The molecule has 9 heteroatoms. The number of aliphatic carboxylic acids is 1. The van der Waals surface area contributed by atoms with Gasteiger partial charge < -0.3 is 27.2 Å². The Hall–Kier alpha value is -2.10. The average Bonchev–Trinajstić information content (AvgIpc) is 2.71. The van der Waals surface area contributed by atoms with E-state index in [0.717, 1.165) is 11.3 Å². The van der Waals surface area contributed by atoms with Gasteiger partial charge in [0.05, 0.1) is 6.04 Å². The Morgan fingerprint density at radius 1 is 1.03 bits per heavy atom. The van der Waals surface area contributed by atoms with Crippen molar-refractivity contribution >= 4 is 29.5 Å². The fourth-order valence-electron chi connectivity index (χ4n) is 2.74. The van der Waals surface area contributed by atoms with E-state index in [1.807, 2.05) is 36.6 Å². The van der Waals surface area contributed by atoms with Crippen LogP contribution in [0.25, 0.3) is 0 Å². The van der Waals surface area contributed by atoms with Crippen LogP contribution in [0, 0.1) is 0 Å². The molecule has 3 atom stereocenters. The first-order chi connectivity index (χ1) is 13.9. The first kappa shape index (κ1) is 24.9. The van der Waals surface area contributed by atoms with Gasteiger partial charge in [-0.2, -0.15) is 11.8 Å². The Morgan fingerprint density at radius 3 is 2.28 bits per heavy atom. The van der Waals surface area contributed by atoms with Crippen molar-refractivity contribution in [3.63, 3.8) is 0 Å². The van der Waals surface area contributed by atoms with Crippen molar-refractivity contribution in [3.8, 4) is 0 Å². The number of carboxylic acid groups (broad SMARTS) is 1. The van der Waals surface area contributed by atoms with Gasteiger partial charge in [-0.15, -0.1) is 0 Å². The van der Waals surface area contributed by atoms with Gasteiger partial charge in [0.15, 0.2) is 0 Å². The molecule has 29 heavy (non-hydrogen) atoms. The fourth-order valence-corrected chi connectivity index (χ4v) is 3.23. The third-order valence-electron chi connectivity index (χ3n) is 4.45. The van der Waals surface area contributed by atoms with Gasteiger partial charge in [0.2, 0.25) is 11.8 Å². The summed E-state index contributed by atoms with van der Waals surface area (Å²) in [6.07, 6.45) is 4.19. The van der Waals surface area contributed by atoms with Crippen molar-refractivity contribution < 1.29 is 19.5 Å². The monoisotopic (exact) mass is 424 g/mol. The number of carbonyl (C=O) groups excluding carboxylic acids is 2. The molecule has 0 heterocycles. The summed E-state index contributed by atoms with van der Waals surface area (Å²) in [4.78, 5) is 36.7. The third-order valence-corrected chi connectivity index (χ3v) is 5.09. The predicted molar refractivity (Wildman–Crippen MR) is 116 cm³/mol. The van der Waals surface area contributed by atoms with Crippen LogP contribution < -0.4 is 22.1 Å². The summed E-state index contributed by atoms with van der Waals surface area (Å²) in [5, 5.41) is 14.6. The Balaban J connectivity index is 2.86. The summed E-state index contributed by atoms with van der Waals surface area (Å²) in [6, 6.07) is 6.54. The lowest BCUT2D eigenvalue weighted by molar-refractivity contribution is -0.142. The second-order valence-electron chi connectivity index (χ2n) is 6.82. The van der Waals surface area contributed by atoms with E-state index in [1.165, 1.54) is 0 Å². The molecule has 0 saturated heterocycles. The highest BCUT2D eigenvalue weighted by atomic mass is 32.2. The average molecular weight is 425 g/mol. The fraction of sp³-hybridized carbons (Fsp3) is 0.550. The highest BCUT2D eigenvalue weighted by Crippen LogP contribution is 2.07. The largest absolute Gasteiger partial charge is 0.480 e. The highest BCUT2D eigenvalue weighted by molar-refractivity contribution is 7.98. The lowest BCUT2D eigenvalue weighted by Crippen LogP contribution is -2.55. The summed E-state index contributed by atoms with van der Waals surface area (Å²) in [7, 11) is 0. The van der Waals surface area contributed by atoms with Crippen molar-refractivity contribution in [3.05, 3.63) is 35.9 Å². The van der Waals surface area contributed by atoms with Crippen LogP contribution in [-0.4, -0.2) is 59.6 Å². The number of rotatable bonds is 14. The SMILES string of the molecule is CSCCC(N)C(=O)NC(Cc1ccccc1)C(=O)NC(CCCCN)C(=O)O. The van der Waals surface area contributed by atoms with Crippen LogP contribution in [0.5, 0.6) is 0 Å². The van der Waals surface area contributed by atoms with Gasteiger partial charge in [0.25, 0.3) is 0 Å². The molecular formula is C20H32N4O4S. The zero-order valence-electron chi connectivity index (χ0n) is 16.8. The number of hydrogen-bond donors (Lipinski definition) is 5. The molecule has 0 aliphatic heterocycles. The topological polar surface area (TPSA) is 148 Å². The second kappa shape index (κ2) is 14.0. The maximum atomic E-state index is 12.8. The number of benzene rings is 1. The first-order valence-corrected chi connectivity index (χ1v) is 11.1. The van der Waals surface area contributed by atoms with Crippen molar-refractivity contribution in [2.24, 2.45) is 11.5 Å². The molecule has 1 aromatic rings. The quantitative estimate of drug-likeness (QED) is 0.273. The minimum Gasteiger partial charge on any atom is -0.480 e. The molecule has 8 nitrogen and oxygen atoms in total. The number of unbranched alkanes of at least 4 members (excludes halogenated alkanes) is 1. The van der Waals surface area contributed by atoms with E-state index in [4.69, 9.17) is 11.5 Å². The number of carboxylic acids is 1. The van der Waals surface area contributed by atoms with E-state index in [-0.39, 0.29) is 12.8 Å². The molecule has 0 bridgehead atoms. The molecule has 162 valence electrons. The number of nitrogens with one attached hydrogen (secondary N) is 2. The van der Waals surface area contributed by atoms with Crippen molar-refractivity contribution in [1.29, 1.82) is 0 Å². The Morgan fingerprint density at radius 2 is 1.69 bits per heavy atom. The van der Waals surface area contributed by atoms with E-state index >= 15 is 0 Å². The van der Waals surface area contributed by atoms with Crippen LogP contribution in [0.2, 0.25) is 0 Å². The maximum absolute atomic E-state index is 12.8. The molecule has 2 amide bonds. The smallest absolute Gasteiger partial charge is 0.326 e. The molecular weight excluding hydrogens is 392 g/mol. The second-order valence-corrected chi connectivity index (χ2v) is 7.81. The molecule has 0 aromatic heterocycles. The first-order valence-electron chi connectivity index (χ1n) is 9.71. The van der Waals surface area contributed by atoms with E-state index in [0.29, 0.717) is 25.8 Å². The van der Waals surface area contributed by atoms with Crippen LogP contribution in [0.4, 0.5) is 0 Å². The lowest BCUT2D eigenvalue weighted by atomic mass is 10.0. The van der Waals surface area contributed by atoms with Crippen molar-refractivity contribution in [1.82, 2.24) is 10.6 Å². The van der Waals surface area contributed by atoms with Gasteiger partial charge >= 0.3 is 5.97 Å². The Kier molecular flexibility index (Phi) is 12.0. The van der Waals surface area contributed by atoms with Crippen LogP contribution >= 0.6 is 11.8 Å². The highest BCUT2D eigenvalue weighted by Gasteiger charge is 2.27. The Bertz CT molecular complexity index is 645. The van der Waals surface area contributed by atoms with Gasteiger partial charge in [-0.1, -0.05) is 30.3 Å². The number of amides is 2. The molecule has 0 spiro atoms. The van der Waals surface area contributed by atoms with Gasteiger partial charge in [-0.05, 0) is 49.8 Å². The zero-order chi connectivity index (χ0) is 21.6. The van der Waals surface area contributed by atoms with Crippen LogP contribution in [-0.2, 0) is 20.8 Å². The van der Waals surface area contributed by atoms with Crippen molar-refractivity contribution in [2.75, 3.05) is 18.6 Å². The third kappa shape index (κ3) is 9.78. The van der Waals surface area contributed by atoms with E-state index < -0.39 is 35.9 Å². The molecule has 0 aliphatic rings. The summed E-state index contributed by atoms with van der Waals surface area (Å²) >= 11 is 1.58. The molecule has 0 fully saturated rings. The van der Waals surface area contributed by atoms with E-state index in [9.17, 15) is 19.5 Å². The molecule has 3 unspecified atom stereocenters. The molecule has 0 aliphatic carbocycles. The minimum atomic E-state index is -1.11. The van der Waals surface area contributed by atoms with E-state index in [1.54, 1.807) is 11.8 Å². The number of carbonyl (C=O) groups is 3. The van der Waals surface area contributed by atoms with Crippen LogP contribution in [0.3, 0.4) is 0 Å². The predicted octanol–water partition coefficient (Wildman–Crippen LogP) is 0.493. The van der Waals surface area contributed by atoms with Crippen molar-refractivity contribution in [2.45, 2.75) is 50.2 Å². The summed E-state index contributed by atoms with van der Waals surface area (Å²) in [6.45, 7) is 0.459. The van der Waals surface area contributed by atoms with Crippen LogP contribution in [0.15, 0.2) is 30.3 Å². The molecule has 0 saturated carbocycles. The molecule has 1 aromatic carbocycles. The van der Waals surface area contributed by atoms with Gasteiger partial charge in [0, 0.05) is 6.42 Å². The number of thioether (sulfide) groups is 1. The van der Waals surface area contributed by atoms with E-state index in [2.05, 4.69) is 10.6 Å².